The maximum absolute atomic E-state index is 12.7. The van der Waals surface area contributed by atoms with E-state index in [0.717, 1.165) is 29.4 Å². The number of sulfonamides is 1. The second-order valence-electron chi connectivity index (χ2n) is 6.48. The molecule has 1 atom stereocenters. The number of carbonyl (C=O) groups excluding carboxylic acids is 1. The molecule has 140 valence electrons. The van der Waals surface area contributed by atoms with Crippen molar-refractivity contribution in [3.63, 3.8) is 0 Å². The largest absolute Gasteiger partial charge is 0.309 e. The van der Waals surface area contributed by atoms with Gasteiger partial charge in [-0.1, -0.05) is 24.3 Å². The van der Waals surface area contributed by atoms with E-state index in [9.17, 15) is 13.2 Å². The first-order chi connectivity index (χ1) is 13.0. The summed E-state index contributed by atoms with van der Waals surface area (Å²) in [6.45, 7) is 2.03. The van der Waals surface area contributed by atoms with Gasteiger partial charge in [-0.05, 0) is 37.1 Å². The van der Waals surface area contributed by atoms with Gasteiger partial charge in [0.05, 0.1) is 11.7 Å². The Morgan fingerprint density at radius 3 is 2.89 bits per heavy atom. The van der Waals surface area contributed by atoms with E-state index in [1.807, 2.05) is 31.2 Å². The molecular formula is C18H18N4O3S2. The zero-order valence-electron chi connectivity index (χ0n) is 14.6. The third kappa shape index (κ3) is 3.33. The molecule has 7 nitrogen and oxygen atoms in total. The summed E-state index contributed by atoms with van der Waals surface area (Å²) in [6, 6.07) is 12.7. The predicted molar refractivity (Wildman–Crippen MR) is 104 cm³/mol. The summed E-state index contributed by atoms with van der Waals surface area (Å²) >= 11 is 0.969. The van der Waals surface area contributed by atoms with Crippen LogP contribution in [0.3, 0.4) is 0 Å². The Kier molecular flexibility index (Phi) is 4.67. The van der Waals surface area contributed by atoms with Crippen molar-refractivity contribution in [2.75, 3.05) is 11.4 Å². The van der Waals surface area contributed by atoms with E-state index >= 15 is 0 Å². The molecule has 1 aliphatic heterocycles. The highest BCUT2D eigenvalue weighted by atomic mass is 32.2. The number of aromatic nitrogens is 2. The summed E-state index contributed by atoms with van der Waals surface area (Å²) in [5, 5.41) is 0. The number of para-hydroxylation sites is 1. The minimum absolute atomic E-state index is 0.0283. The molecule has 1 amide bonds. The Hall–Kier alpha value is -2.36. The van der Waals surface area contributed by atoms with Crippen LogP contribution >= 0.6 is 11.7 Å². The van der Waals surface area contributed by atoms with Gasteiger partial charge in [-0.3, -0.25) is 4.79 Å². The molecule has 0 saturated heterocycles. The SMILES string of the molecule is C[C@H]1Cc2ccccc2N1C(=O)CCNS(=O)(=O)c1cccc2nsnc12. The highest BCUT2D eigenvalue weighted by molar-refractivity contribution is 7.89. The molecule has 2 heterocycles. The maximum atomic E-state index is 12.7. The Morgan fingerprint density at radius 1 is 1.22 bits per heavy atom. The number of benzene rings is 2. The fourth-order valence-corrected chi connectivity index (χ4v) is 5.23. The number of carbonyl (C=O) groups is 1. The van der Waals surface area contributed by atoms with Gasteiger partial charge in [0.2, 0.25) is 15.9 Å². The van der Waals surface area contributed by atoms with Crippen LogP contribution < -0.4 is 9.62 Å². The second-order valence-corrected chi connectivity index (χ2v) is 8.75. The molecule has 0 radical (unpaired) electrons. The van der Waals surface area contributed by atoms with Crippen molar-refractivity contribution in [1.29, 1.82) is 0 Å². The molecule has 0 aliphatic carbocycles. The molecule has 3 aromatic rings. The van der Waals surface area contributed by atoms with Gasteiger partial charge < -0.3 is 4.90 Å². The number of rotatable bonds is 5. The molecule has 0 bridgehead atoms. The molecule has 27 heavy (non-hydrogen) atoms. The lowest BCUT2D eigenvalue weighted by atomic mass is 10.1. The molecule has 0 spiro atoms. The van der Waals surface area contributed by atoms with Crippen LogP contribution in [-0.4, -0.2) is 35.7 Å². The van der Waals surface area contributed by atoms with Gasteiger partial charge in [0, 0.05) is 24.7 Å². The van der Waals surface area contributed by atoms with E-state index in [0.29, 0.717) is 11.0 Å². The number of hydrogen-bond acceptors (Lipinski definition) is 6. The Morgan fingerprint density at radius 2 is 2.04 bits per heavy atom. The Balaban J connectivity index is 1.45. The van der Waals surface area contributed by atoms with Gasteiger partial charge in [-0.15, -0.1) is 0 Å². The first-order valence-corrected chi connectivity index (χ1v) is 10.8. The Labute approximate surface area is 161 Å². The van der Waals surface area contributed by atoms with E-state index in [1.165, 1.54) is 6.07 Å². The first kappa shape index (κ1) is 18.0. The van der Waals surface area contributed by atoms with Gasteiger partial charge >= 0.3 is 0 Å². The predicted octanol–water partition coefficient (Wildman–Crippen LogP) is 2.34. The van der Waals surface area contributed by atoms with Crippen LogP contribution in [0.5, 0.6) is 0 Å². The number of fused-ring (bicyclic) bond motifs is 2. The van der Waals surface area contributed by atoms with Crippen LogP contribution in [0.2, 0.25) is 0 Å². The minimum atomic E-state index is -3.77. The molecule has 4 rings (SSSR count). The van der Waals surface area contributed by atoms with Crippen molar-refractivity contribution in [3.05, 3.63) is 48.0 Å². The number of anilines is 1. The molecule has 1 N–H and O–H groups in total. The molecule has 0 fully saturated rings. The number of nitrogens with zero attached hydrogens (tertiary/aromatic N) is 3. The lowest BCUT2D eigenvalue weighted by Crippen LogP contribution is -2.38. The van der Waals surface area contributed by atoms with Crippen molar-refractivity contribution >= 4 is 44.4 Å². The molecule has 1 aromatic heterocycles. The fraction of sp³-hybridized carbons (Fsp3) is 0.278. The summed E-state index contributed by atoms with van der Waals surface area (Å²) in [5.74, 6) is -0.0938. The standard InChI is InChI=1S/C18H18N4O3S2/c1-12-11-13-5-2-3-7-15(13)22(12)17(23)9-10-19-27(24,25)16-8-4-6-14-18(16)21-26-20-14/h2-8,12,19H,9-11H2,1H3/t12-/m0/s1. The first-order valence-electron chi connectivity index (χ1n) is 8.58. The zero-order valence-corrected chi connectivity index (χ0v) is 16.3. The molecule has 0 saturated carbocycles. The number of nitrogens with one attached hydrogen (secondary N) is 1. The third-order valence-electron chi connectivity index (χ3n) is 4.65. The van der Waals surface area contributed by atoms with Crippen LogP contribution in [-0.2, 0) is 21.2 Å². The molecule has 2 aromatic carbocycles. The molecular weight excluding hydrogens is 384 g/mol. The monoisotopic (exact) mass is 402 g/mol. The van der Waals surface area contributed by atoms with Crippen LogP contribution in [0.25, 0.3) is 11.0 Å². The van der Waals surface area contributed by atoms with Crippen LogP contribution in [0.4, 0.5) is 5.69 Å². The van der Waals surface area contributed by atoms with Gasteiger partial charge in [0.25, 0.3) is 0 Å². The molecule has 0 unspecified atom stereocenters. The lowest BCUT2D eigenvalue weighted by molar-refractivity contribution is -0.118. The summed E-state index contributed by atoms with van der Waals surface area (Å²) in [6.07, 6.45) is 0.898. The van der Waals surface area contributed by atoms with Crippen LogP contribution in [0.1, 0.15) is 18.9 Å². The smallest absolute Gasteiger partial charge is 0.242 e. The van der Waals surface area contributed by atoms with Crippen molar-refractivity contribution in [3.8, 4) is 0 Å². The van der Waals surface area contributed by atoms with Gasteiger partial charge in [-0.25, -0.2) is 13.1 Å². The summed E-state index contributed by atoms with van der Waals surface area (Å²) in [7, 11) is -3.77. The van der Waals surface area contributed by atoms with E-state index in [1.54, 1.807) is 17.0 Å². The van der Waals surface area contributed by atoms with Crippen molar-refractivity contribution in [2.24, 2.45) is 0 Å². The minimum Gasteiger partial charge on any atom is -0.309 e. The van der Waals surface area contributed by atoms with E-state index in [-0.39, 0.29) is 29.8 Å². The lowest BCUT2D eigenvalue weighted by Gasteiger charge is -2.22. The normalized spacial score (nSPS) is 16.6. The van der Waals surface area contributed by atoms with Crippen molar-refractivity contribution in [2.45, 2.75) is 30.7 Å². The highest BCUT2D eigenvalue weighted by Crippen LogP contribution is 2.32. The third-order valence-corrected chi connectivity index (χ3v) is 6.68. The molecule has 9 heteroatoms. The van der Waals surface area contributed by atoms with Crippen molar-refractivity contribution in [1.82, 2.24) is 13.5 Å². The van der Waals surface area contributed by atoms with Gasteiger partial charge in [0.1, 0.15) is 15.9 Å². The number of hydrogen-bond donors (Lipinski definition) is 1. The van der Waals surface area contributed by atoms with Gasteiger partial charge in [-0.2, -0.15) is 8.75 Å². The molecule has 1 aliphatic rings. The van der Waals surface area contributed by atoms with E-state index < -0.39 is 10.0 Å². The number of amides is 1. The summed E-state index contributed by atoms with van der Waals surface area (Å²) in [5.41, 5.74) is 2.95. The fourth-order valence-electron chi connectivity index (χ4n) is 3.43. The second kappa shape index (κ2) is 6.99. The van der Waals surface area contributed by atoms with Crippen LogP contribution in [0, 0.1) is 0 Å². The maximum Gasteiger partial charge on any atom is 0.242 e. The topological polar surface area (TPSA) is 92.3 Å². The highest BCUT2D eigenvalue weighted by Gasteiger charge is 2.30. The zero-order chi connectivity index (χ0) is 19.0. The Bertz CT molecular complexity index is 1110. The van der Waals surface area contributed by atoms with Crippen molar-refractivity contribution < 1.29 is 13.2 Å². The van der Waals surface area contributed by atoms with Crippen LogP contribution in [0.15, 0.2) is 47.4 Å². The average Bonchev–Trinajstić information content (AvgIpc) is 3.24. The quantitative estimate of drug-likeness (QED) is 0.707. The summed E-state index contributed by atoms with van der Waals surface area (Å²) in [4.78, 5) is 14.5. The van der Waals surface area contributed by atoms with E-state index in [4.69, 9.17) is 0 Å². The average molecular weight is 403 g/mol. The van der Waals surface area contributed by atoms with Gasteiger partial charge in [0.15, 0.2) is 0 Å². The van der Waals surface area contributed by atoms with E-state index in [2.05, 4.69) is 13.5 Å². The summed E-state index contributed by atoms with van der Waals surface area (Å²) < 4.78 is 35.9.